The van der Waals surface area contributed by atoms with Crippen molar-refractivity contribution in [3.8, 4) is 11.5 Å². The van der Waals surface area contributed by atoms with Gasteiger partial charge in [-0.1, -0.05) is 30.3 Å². The maximum absolute atomic E-state index is 13.1. The summed E-state index contributed by atoms with van der Waals surface area (Å²) in [5, 5.41) is 4.99. The smallest absolute Gasteiger partial charge is 0.253 e. The Hall–Kier alpha value is -3.14. The van der Waals surface area contributed by atoms with Crippen LogP contribution in [-0.2, 0) is 11.3 Å². The van der Waals surface area contributed by atoms with Gasteiger partial charge in [-0.25, -0.2) is 0 Å². The number of nitrogens with one attached hydrogen (secondary N) is 2. The molecule has 1 atom stereocenters. The third-order valence-electron chi connectivity index (χ3n) is 6.66. The number of pyridine rings is 1. The van der Waals surface area contributed by atoms with Crippen molar-refractivity contribution in [3.63, 3.8) is 0 Å². The zero-order valence-electron chi connectivity index (χ0n) is 20.5. The van der Waals surface area contributed by atoms with Gasteiger partial charge in [0.15, 0.2) is 16.6 Å². The predicted octanol–water partition coefficient (Wildman–Crippen LogP) is 3.07. The minimum Gasteiger partial charge on any atom is -0.486 e. The highest BCUT2D eigenvalue weighted by Crippen LogP contribution is 2.33. The van der Waals surface area contributed by atoms with Crippen LogP contribution in [0.15, 0.2) is 53.3 Å². The van der Waals surface area contributed by atoms with Crippen molar-refractivity contribution in [2.45, 2.75) is 19.5 Å². The zero-order valence-corrected chi connectivity index (χ0v) is 21.3. The van der Waals surface area contributed by atoms with E-state index >= 15 is 0 Å². The minimum atomic E-state index is -0.130. The average molecular weight is 509 g/mol. The lowest BCUT2D eigenvalue weighted by Crippen LogP contribution is -2.46. The first-order valence-corrected chi connectivity index (χ1v) is 12.8. The summed E-state index contributed by atoms with van der Waals surface area (Å²) in [6.07, 6.45) is 0. The van der Waals surface area contributed by atoms with E-state index in [4.69, 9.17) is 26.4 Å². The first-order valence-electron chi connectivity index (χ1n) is 12.4. The summed E-state index contributed by atoms with van der Waals surface area (Å²) in [6.45, 7) is 8.35. The second-order valence-electron chi connectivity index (χ2n) is 9.16. The Bertz CT molecular complexity index is 1260. The number of hydrogen-bond acceptors (Lipinski definition) is 6. The summed E-state index contributed by atoms with van der Waals surface area (Å²) in [6, 6.07) is 15.9. The molecule has 0 aliphatic carbocycles. The molecule has 36 heavy (non-hydrogen) atoms. The molecule has 190 valence electrons. The van der Waals surface area contributed by atoms with Crippen LogP contribution in [0.25, 0.3) is 10.9 Å². The molecule has 0 bridgehead atoms. The van der Waals surface area contributed by atoms with Gasteiger partial charge in [-0.15, -0.1) is 0 Å². The van der Waals surface area contributed by atoms with E-state index in [-0.39, 0.29) is 11.6 Å². The molecular weight excluding hydrogens is 476 g/mol. The molecule has 0 saturated carbocycles. The van der Waals surface area contributed by atoms with Gasteiger partial charge in [-0.2, -0.15) is 0 Å². The van der Waals surface area contributed by atoms with Crippen LogP contribution >= 0.6 is 12.2 Å². The summed E-state index contributed by atoms with van der Waals surface area (Å²) < 4.78 is 16.9. The molecule has 1 unspecified atom stereocenters. The molecular formula is C27H32N4O4S. The van der Waals surface area contributed by atoms with Gasteiger partial charge in [0, 0.05) is 43.2 Å². The van der Waals surface area contributed by atoms with Gasteiger partial charge in [-0.05, 0) is 36.8 Å². The number of H-pyrrole nitrogens is 1. The van der Waals surface area contributed by atoms with Gasteiger partial charge in [0.1, 0.15) is 13.2 Å². The van der Waals surface area contributed by atoms with Gasteiger partial charge in [-0.3, -0.25) is 9.69 Å². The van der Waals surface area contributed by atoms with Gasteiger partial charge in [0.05, 0.1) is 31.3 Å². The number of aromatic nitrogens is 1. The third kappa shape index (κ3) is 5.80. The molecule has 2 aromatic carbocycles. The first-order chi connectivity index (χ1) is 17.6. The van der Waals surface area contributed by atoms with Gasteiger partial charge >= 0.3 is 0 Å². The van der Waals surface area contributed by atoms with E-state index in [2.05, 4.69) is 39.2 Å². The van der Waals surface area contributed by atoms with Crippen LogP contribution in [0.2, 0.25) is 0 Å². The van der Waals surface area contributed by atoms with E-state index in [9.17, 15) is 4.79 Å². The Morgan fingerprint density at radius 1 is 1.08 bits per heavy atom. The van der Waals surface area contributed by atoms with Crippen LogP contribution in [0.3, 0.4) is 0 Å². The van der Waals surface area contributed by atoms with Crippen molar-refractivity contribution in [3.05, 3.63) is 70.0 Å². The molecule has 0 amide bonds. The molecule has 5 rings (SSSR count). The summed E-state index contributed by atoms with van der Waals surface area (Å²) in [4.78, 5) is 20.5. The monoisotopic (exact) mass is 508 g/mol. The van der Waals surface area contributed by atoms with E-state index in [0.29, 0.717) is 48.5 Å². The number of benzene rings is 2. The Kier molecular flexibility index (Phi) is 7.69. The lowest BCUT2D eigenvalue weighted by molar-refractivity contribution is 0.0357. The highest BCUT2D eigenvalue weighted by Gasteiger charge is 2.19. The van der Waals surface area contributed by atoms with Crippen molar-refractivity contribution in [2.24, 2.45) is 0 Å². The lowest BCUT2D eigenvalue weighted by atomic mass is 10.1. The standard InChI is InChI=1S/C27H32N4O4S/c1-19(20-5-3-2-4-6-20)28-27(36)31(8-7-30-9-11-33-12-10-30)18-22-15-21-16-24-25(35-14-13-34-24)17-23(21)29-26(22)32/h2-6,15-17,19H,7-14,18H2,1H3,(H,28,36)(H,29,32). The fourth-order valence-corrected chi connectivity index (χ4v) is 4.88. The molecule has 0 radical (unpaired) electrons. The fourth-order valence-electron chi connectivity index (χ4n) is 4.55. The summed E-state index contributed by atoms with van der Waals surface area (Å²) in [5.74, 6) is 1.36. The van der Waals surface area contributed by atoms with E-state index in [1.54, 1.807) is 0 Å². The van der Waals surface area contributed by atoms with Crippen LogP contribution in [0.1, 0.15) is 24.1 Å². The number of ether oxygens (including phenoxy) is 3. The Balaban J connectivity index is 1.37. The molecule has 2 aliphatic rings. The summed E-state index contributed by atoms with van der Waals surface area (Å²) in [5.41, 5.74) is 2.40. The van der Waals surface area contributed by atoms with Crippen molar-refractivity contribution in [1.29, 1.82) is 0 Å². The molecule has 1 aromatic heterocycles. The van der Waals surface area contributed by atoms with Crippen molar-refractivity contribution >= 4 is 28.2 Å². The van der Waals surface area contributed by atoms with E-state index in [1.165, 1.54) is 0 Å². The molecule has 0 spiro atoms. The van der Waals surface area contributed by atoms with Crippen LogP contribution in [0.4, 0.5) is 0 Å². The third-order valence-corrected chi connectivity index (χ3v) is 7.04. The highest BCUT2D eigenvalue weighted by molar-refractivity contribution is 7.80. The Morgan fingerprint density at radius 2 is 1.81 bits per heavy atom. The van der Waals surface area contributed by atoms with Crippen LogP contribution in [-0.4, -0.2) is 72.5 Å². The molecule has 2 N–H and O–H groups in total. The van der Waals surface area contributed by atoms with E-state index in [0.717, 1.165) is 49.3 Å². The average Bonchev–Trinajstić information content (AvgIpc) is 2.91. The van der Waals surface area contributed by atoms with Crippen molar-refractivity contribution in [1.82, 2.24) is 20.1 Å². The molecule has 3 heterocycles. The van der Waals surface area contributed by atoms with Gasteiger partial charge in [0.2, 0.25) is 0 Å². The Morgan fingerprint density at radius 3 is 2.56 bits per heavy atom. The first kappa shape index (κ1) is 24.5. The van der Waals surface area contributed by atoms with Crippen molar-refractivity contribution in [2.75, 3.05) is 52.6 Å². The number of rotatable bonds is 7. The Labute approximate surface area is 216 Å². The normalized spacial score (nSPS) is 16.5. The van der Waals surface area contributed by atoms with Gasteiger partial charge < -0.3 is 29.4 Å². The summed E-state index contributed by atoms with van der Waals surface area (Å²) >= 11 is 5.86. The fraction of sp³-hybridized carbons (Fsp3) is 0.407. The predicted molar refractivity (Wildman–Crippen MR) is 144 cm³/mol. The minimum absolute atomic E-state index is 0.0446. The topological polar surface area (TPSA) is 79.1 Å². The molecule has 3 aromatic rings. The van der Waals surface area contributed by atoms with Gasteiger partial charge in [0.25, 0.3) is 5.56 Å². The summed E-state index contributed by atoms with van der Waals surface area (Å²) in [7, 11) is 0. The van der Waals surface area contributed by atoms with Crippen LogP contribution in [0, 0.1) is 0 Å². The SMILES string of the molecule is CC(NC(=S)N(CCN1CCOCC1)Cc1cc2cc3c(cc2[nH]c1=O)OCCO3)c1ccccc1. The largest absolute Gasteiger partial charge is 0.486 e. The number of thiocarbonyl (C=S) groups is 1. The van der Waals surface area contributed by atoms with Crippen LogP contribution in [0.5, 0.6) is 11.5 Å². The zero-order chi connectivity index (χ0) is 24.9. The second-order valence-corrected chi connectivity index (χ2v) is 9.55. The van der Waals surface area contributed by atoms with Crippen LogP contribution < -0.4 is 20.3 Å². The number of aromatic amines is 1. The quantitative estimate of drug-likeness (QED) is 0.472. The van der Waals surface area contributed by atoms with E-state index in [1.807, 2.05) is 36.4 Å². The number of hydrogen-bond donors (Lipinski definition) is 2. The molecule has 2 aliphatic heterocycles. The molecule has 8 nitrogen and oxygen atoms in total. The number of nitrogens with zero attached hydrogens (tertiary/aromatic N) is 2. The molecule has 9 heteroatoms. The number of fused-ring (bicyclic) bond motifs is 2. The number of morpholine rings is 1. The molecule has 1 fully saturated rings. The van der Waals surface area contributed by atoms with E-state index < -0.39 is 0 Å². The van der Waals surface area contributed by atoms with Crippen molar-refractivity contribution < 1.29 is 14.2 Å². The second kappa shape index (κ2) is 11.3. The highest BCUT2D eigenvalue weighted by atomic mass is 32.1. The molecule has 1 saturated heterocycles. The maximum Gasteiger partial charge on any atom is 0.253 e. The lowest BCUT2D eigenvalue weighted by Gasteiger charge is -2.32. The maximum atomic E-state index is 13.1.